The fourth-order valence-corrected chi connectivity index (χ4v) is 10.7. The molecule has 6 aromatic rings. The van der Waals surface area contributed by atoms with Gasteiger partial charge in [0.05, 0.1) is 50.1 Å². The highest BCUT2D eigenvalue weighted by Crippen LogP contribution is 2.50. The smallest absolute Gasteiger partial charge is 0.407 e. The van der Waals surface area contributed by atoms with E-state index in [1.165, 1.54) is 14.2 Å². The quantitative estimate of drug-likeness (QED) is 0.0995. The van der Waals surface area contributed by atoms with E-state index in [9.17, 15) is 19.2 Å². The summed E-state index contributed by atoms with van der Waals surface area (Å²) in [6, 6.07) is 28.6. The van der Waals surface area contributed by atoms with Gasteiger partial charge in [-0.2, -0.15) is 0 Å². The molecule has 4 N–H and O–H groups in total. The van der Waals surface area contributed by atoms with E-state index in [2.05, 4.69) is 81.3 Å². The molecule has 4 aromatic carbocycles. The summed E-state index contributed by atoms with van der Waals surface area (Å²) in [6.45, 7) is 1.71. The summed E-state index contributed by atoms with van der Waals surface area (Å²) in [7, 11) is 2.61. The average molecular weight is 891 g/mol. The Balaban J connectivity index is 0.824. The fraction of sp³-hybridized carbons (Fsp3) is 0.373. The second-order valence-electron chi connectivity index (χ2n) is 17.9. The maximum atomic E-state index is 14.3. The van der Waals surface area contributed by atoms with Gasteiger partial charge in [-0.3, -0.25) is 9.59 Å². The van der Waals surface area contributed by atoms with E-state index in [0.717, 1.165) is 88.2 Å². The molecule has 4 fully saturated rings. The van der Waals surface area contributed by atoms with Crippen molar-refractivity contribution in [3.63, 3.8) is 0 Å². The molecule has 66 heavy (non-hydrogen) atoms. The predicted octanol–water partition coefficient (Wildman–Crippen LogP) is 8.25. The zero-order valence-electron chi connectivity index (χ0n) is 37.1. The van der Waals surface area contributed by atoms with Crippen molar-refractivity contribution in [3.05, 3.63) is 121 Å². The number of hydrogen-bond donors (Lipinski definition) is 4. The first-order chi connectivity index (χ1) is 32.3. The minimum absolute atomic E-state index is 0.0304. The van der Waals surface area contributed by atoms with Crippen LogP contribution < -0.4 is 10.6 Å². The summed E-state index contributed by atoms with van der Waals surface area (Å²) in [5.74, 6) is 1.45. The summed E-state index contributed by atoms with van der Waals surface area (Å²) in [6.07, 6.45) is 8.25. The number of carbonyl (C=O) groups is 4. The predicted molar refractivity (Wildman–Crippen MR) is 247 cm³/mol. The highest BCUT2D eigenvalue weighted by molar-refractivity contribution is 5.91. The lowest BCUT2D eigenvalue weighted by atomic mass is 9.90. The van der Waals surface area contributed by atoms with Crippen LogP contribution in [0.5, 0.6) is 0 Å². The zero-order chi connectivity index (χ0) is 45.3. The lowest BCUT2D eigenvalue weighted by Gasteiger charge is -2.36. The van der Waals surface area contributed by atoms with Crippen molar-refractivity contribution in [1.82, 2.24) is 40.4 Å². The minimum atomic E-state index is -0.876. The number of amides is 4. The highest BCUT2D eigenvalue weighted by atomic mass is 16.5. The van der Waals surface area contributed by atoms with E-state index in [1.807, 2.05) is 52.5 Å². The van der Waals surface area contributed by atoms with E-state index < -0.39 is 24.3 Å². The number of fused-ring (bicyclic) bond motifs is 3. The summed E-state index contributed by atoms with van der Waals surface area (Å²) in [5.41, 5.74) is 6.58. The van der Waals surface area contributed by atoms with Crippen molar-refractivity contribution >= 4 is 34.8 Å². The van der Waals surface area contributed by atoms with E-state index in [0.29, 0.717) is 38.2 Å². The van der Waals surface area contributed by atoms with Crippen LogP contribution in [0.3, 0.4) is 0 Å². The topological polar surface area (TPSA) is 184 Å². The van der Waals surface area contributed by atoms with Gasteiger partial charge in [-0.05, 0) is 102 Å². The second-order valence-corrected chi connectivity index (χ2v) is 17.9. The third kappa shape index (κ3) is 8.39. The summed E-state index contributed by atoms with van der Waals surface area (Å²) >= 11 is 0. The third-order valence-corrected chi connectivity index (χ3v) is 14.1. The first-order valence-corrected chi connectivity index (χ1v) is 23.0. The number of rotatable bonds is 11. The van der Waals surface area contributed by atoms with E-state index >= 15 is 0 Å². The minimum Gasteiger partial charge on any atom is -0.453 e. The highest BCUT2D eigenvalue weighted by Gasteiger charge is 2.51. The molecule has 15 heteroatoms. The average Bonchev–Trinajstić information content (AvgIpc) is 4.24. The molecule has 340 valence electrons. The molecule has 4 aliphatic rings. The number of imidazole rings is 2. The number of nitrogens with zero attached hydrogens (tertiary/aromatic N) is 4. The van der Waals surface area contributed by atoms with E-state index in [1.54, 1.807) is 0 Å². The molecule has 1 saturated carbocycles. The Morgan fingerprint density at radius 1 is 0.697 bits per heavy atom. The summed E-state index contributed by atoms with van der Waals surface area (Å²) in [4.78, 5) is 73.6. The van der Waals surface area contributed by atoms with Crippen LogP contribution in [0.4, 0.5) is 9.59 Å². The van der Waals surface area contributed by atoms with Gasteiger partial charge >= 0.3 is 12.2 Å². The number of methoxy groups -OCH3 is 2. The van der Waals surface area contributed by atoms with Gasteiger partial charge in [0.1, 0.15) is 23.7 Å². The monoisotopic (exact) mass is 890 g/mol. The molecule has 2 aromatic heterocycles. The van der Waals surface area contributed by atoms with Crippen LogP contribution in [0.1, 0.15) is 80.3 Å². The van der Waals surface area contributed by atoms with Gasteiger partial charge in [-0.1, -0.05) is 78.9 Å². The van der Waals surface area contributed by atoms with Gasteiger partial charge in [0.15, 0.2) is 0 Å². The number of likely N-dealkylation sites (tertiary alicyclic amines) is 2. The normalized spacial score (nSPS) is 21.4. The number of benzene rings is 4. The van der Waals surface area contributed by atoms with Crippen LogP contribution in [0, 0.1) is 11.8 Å². The number of carbonyl (C=O) groups excluding carboxylic acids is 4. The standard InChI is InChI=1S/C51H54N8O7/c1-64-50(62)56-43(33-20-23-66-24-21-33)48(60)58-22-6-9-42(58)46-52-29-41(54-46)37-17-16-35-25-34(14-15-36(35)26-37)30-10-12-31(13-11-30)40-28-53-47(55-40)45-38-18-19-39(27-38)59(45)49(61)44(57-51(63)65-2)32-7-4-3-5-8-32/h3-5,7-8,10-17,25-26,28-29,33,38-39,42-45H,6,9,18-24,27H2,1-2H3,(H,52,54)(H,53,55)(H,56,62)(H,57,63)/t38-,39+,42-,43-,44+,45?/m0/s1. The van der Waals surface area contributed by atoms with E-state index in [-0.39, 0.29) is 41.8 Å². The van der Waals surface area contributed by atoms with Crippen LogP contribution in [-0.2, 0) is 23.8 Å². The molecule has 0 radical (unpaired) electrons. The van der Waals surface area contributed by atoms with Gasteiger partial charge in [0.25, 0.3) is 5.91 Å². The fourth-order valence-electron chi connectivity index (χ4n) is 10.7. The van der Waals surface area contributed by atoms with Crippen molar-refractivity contribution in [2.24, 2.45) is 11.8 Å². The van der Waals surface area contributed by atoms with Crippen LogP contribution in [0.15, 0.2) is 103 Å². The molecule has 15 nitrogen and oxygen atoms in total. The molecule has 3 saturated heterocycles. The zero-order valence-corrected chi connectivity index (χ0v) is 37.1. The first-order valence-electron chi connectivity index (χ1n) is 23.0. The molecule has 6 atom stereocenters. The molecular formula is C51H54N8O7. The molecule has 5 heterocycles. The molecule has 1 unspecified atom stereocenters. The van der Waals surface area contributed by atoms with Crippen LogP contribution in [0.2, 0.25) is 0 Å². The molecule has 2 bridgehead atoms. The van der Waals surface area contributed by atoms with Crippen molar-refractivity contribution in [1.29, 1.82) is 0 Å². The SMILES string of the molecule is COC(=O)N[C@H](C(=O)N1CCC[C@H]1c1ncc(-c2ccc3cc(-c4ccc(-c5cnc(C6[C@H]7CC[C@H](C7)N6C(=O)[C@H](NC(=O)OC)c6ccccc6)[nH]5)cc4)ccc3c2)[nH]1)C1CCOCC1. The number of aromatic nitrogens is 4. The maximum Gasteiger partial charge on any atom is 0.407 e. The lowest BCUT2D eigenvalue weighted by molar-refractivity contribution is -0.138. The van der Waals surface area contributed by atoms with E-state index in [4.69, 9.17) is 24.2 Å². The van der Waals surface area contributed by atoms with Crippen molar-refractivity contribution in [2.75, 3.05) is 34.0 Å². The molecule has 10 rings (SSSR count). The molecule has 0 spiro atoms. The van der Waals surface area contributed by atoms with Gasteiger partial charge < -0.3 is 44.6 Å². The lowest BCUT2D eigenvalue weighted by Crippen LogP contribution is -2.53. The number of H-pyrrole nitrogens is 2. The number of ether oxygens (including phenoxy) is 3. The van der Waals surface area contributed by atoms with Crippen molar-refractivity contribution < 1.29 is 33.4 Å². The van der Waals surface area contributed by atoms with Crippen LogP contribution >= 0.6 is 0 Å². The largest absolute Gasteiger partial charge is 0.453 e. The molecule has 4 amide bonds. The number of aromatic amines is 2. The number of nitrogens with one attached hydrogen (secondary N) is 4. The molecule has 1 aliphatic carbocycles. The van der Waals surface area contributed by atoms with Crippen LogP contribution in [0.25, 0.3) is 44.4 Å². The number of piperidine rings is 1. The maximum absolute atomic E-state index is 14.3. The van der Waals surface area contributed by atoms with Crippen molar-refractivity contribution in [2.45, 2.75) is 75.2 Å². The Hall–Kier alpha value is -7.00. The Morgan fingerprint density at radius 3 is 2.08 bits per heavy atom. The van der Waals surface area contributed by atoms with Crippen molar-refractivity contribution in [3.8, 4) is 33.6 Å². The Morgan fingerprint density at radius 2 is 1.33 bits per heavy atom. The van der Waals surface area contributed by atoms with Gasteiger partial charge in [0, 0.05) is 31.4 Å². The van der Waals surface area contributed by atoms with Gasteiger partial charge in [-0.25, -0.2) is 19.6 Å². The third-order valence-electron chi connectivity index (χ3n) is 14.1. The summed E-state index contributed by atoms with van der Waals surface area (Å²) < 4.78 is 15.3. The van der Waals surface area contributed by atoms with Crippen LogP contribution in [-0.4, -0.2) is 99.8 Å². The Labute approximate surface area is 382 Å². The van der Waals surface area contributed by atoms with Gasteiger partial charge in [0.2, 0.25) is 5.91 Å². The molecule has 3 aliphatic heterocycles. The summed E-state index contributed by atoms with van der Waals surface area (Å²) in [5, 5.41) is 7.79. The second kappa shape index (κ2) is 18.5. The molecular weight excluding hydrogens is 837 g/mol. The Kier molecular flexibility index (Phi) is 12.0. The number of alkyl carbamates (subject to hydrolysis) is 2. The number of hydrogen-bond acceptors (Lipinski definition) is 9. The van der Waals surface area contributed by atoms with Gasteiger partial charge in [-0.15, -0.1) is 0 Å². The Bertz CT molecular complexity index is 2730. The first kappa shape index (κ1) is 42.9.